The number of hydrogen-bond donors (Lipinski definition) is 2. The van der Waals surface area contributed by atoms with Crippen LogP contribution in [0.3, 0.4) is 0 Å². The Hall–Kier alpha value is -3.41. The van der Waals surface area contributed by atoms with Crippen LogP contribution in [0.15, 0.2) is 60.7 Å². The van der Waals surface area contributed by atoms with Crippen molar-refractivity contribution in [2.75, 3.05) is 18.9 Å². The fraction of sp³-hybridized carbons (Fsp3) is 0.320. The van der Waals surface area contributed by atoms with E-state index in [4.69, 9.17) is 0 Å². The van der Waals surface area contributed by atoms with Crippen molar-refractivity contribution in [1.82, 2.24) is 15.1 Å². The average molecular weight is 417 g/mol. The van der Waals surface area contributed by atoms with E-state index in [9.17, 15) is 9.59 Å². The molecule has 0 fully saturated rings. The van der Waals surface area contributed by atoms with Crippen molar-refractivity contribution in [3.8, 4) is 11.3 Å². The van der Waals surface area contributed by atoms with Crippen molar-refractivity contribution in [3.63, 3.8) is 0 Å². The van der Waals surface area contributed by atoms with Gasteiger partial charge in [-0.15, -0.1) is 0 Å². The molecule has 2 aromatic carbocycles. The van der Waals surface area contributed by atoms with E-state index < -0.39 is 5.92 Å². The largest absolute Gasteiger partial charge is 0.345 e. The number of hydrogen-bond acceptors (Lipinski definition) is 3. The number of fused-ring (bicyclic) bond motifs is 1. The van der Waals surface area contributed by atoms with E-state index in [1.54, 1.807) is 4.90 Å². The van der Waals surface area contributed by atoms with Crippen LogP contribution in [0.2, 0.25) is 0 Å². The van der Waals surface area contributed by atoms with Crippen LogP contribution < -0.4 is 5.32 Å². The van der Waals surface area contributed by atoms with Crippen LogP contribution >= 0.6 is 0 Å². The molecular formula is C25H28N4O2. The highest BCUT2D eigenvalue weighted by atomic mass is 16.2. The molecule has 0 spiro atoms. The molecule has 6 nitrogen and oxygen atoms in total. The van der Waals surface area contributed by atoms with Gasteiger partial charge in [-0.05, 0) is 37.0 Å². The van der Waals surface area contributed by atoms with Gasteiger partial charge in [-0.3, -0.25) is 14.7 Å². The summed E-state index contributed by atoms with van der Waals surface area (Å²) in [4.78, 5) is 26.7. The lowest BCUT2D eigenvalue weighted by Gasteiger charge is -2.28. The summed E-state index contributed by atoms with van der Waals surface area (Å²) in [6.07, 6.45) is 4.14. The van der Waals surface area contributed by atoms with E-state index in [2.05, 4.69) is 33.7 Å². The van der Waals surface area contributed by atoms with Crippen molar-refractivity contribution in [2.24, 2.45) is 0 Å². The number of rotatable bonds is 8. The maximum absolute atomic E-state index is 13.0. The number of aromatic nitrogens is 2. The Labute approximate surface area is 182 Å². The van der Waals surface area contributed by atoms with Gasteiger partial charge in [-0.2, -0.15) is 5.10 Å². The molecule has 0 radical (unpaired) electrons. The number of carbonyl (C=O) groups excluding carboxylic acids is 2. The monoisotopic (exact) mass is 416 g/mol. The minimum atomic E-state index is -0.392. The minimum Gasteiger partial charge on any atom is -0.345 e. The number of anilines is 1. The Bertz CT molecular complexity index is 1040. The Morgan fingerprint density at radius 2 is 1.84 bits per heavy atom. The van der Waals surface area contributed by atoms with E-state index >= 15 is 0 Å². The molecule has 4 rings (SSSR count). The summed E-state index contributed by atoms with van der Waals surface area (Å²) in [5, 5.41) is 10.4. The third kappa shape index (κ3) is 5.02. The summed E-state index contributed by atoms with van der Waals surface area (Å²) in [6.45, 7) is 0.692. The lowest BCUT2D eigenvalue weighted by atomic mass is 9.89. The number of unbranched alkanes of at least 4 members (excludes halogenated alkanes) is 2. The zero-order valence-corrected chi connectivity index (χ0v) is 17.8. The van der Waals surface area contributed by atoms with Crippen molar-refractivity contribution in [1.29, 1.82) is 0 Å². The van der Waals surface area contributed by atoms with Crippen LogP contribution in [0.5, 0.6) is 0 Å². The fourth-order valence-corrected chi connectivity index (χ4v) is 4.10. The summed E-state index contributed by atoms with van der Waals surface area (Å²) in [5.41, 5.74) is 4.88. The predicted octanol–water partition coefficient (Wildman–Crippen LogP) is 4.37. The smallest absolute Gasteiger partial charge is 0.230 e. The lowest BCUT2D eigenvalue weighted by Crippen LogP contribution is -2.36. The van der Waals surface area contributed by atoms with Crippen molar-refractivity contribution < 1.29 is 9.59 Å². The molecule has 160 valence electrons. The third-order valence-corrected chi connectivity index (χ3v) is 5.81. The van der Waals surface area contributed by atoms with Gasteiger partial charge in [0.15, 0.2) is 0 Å². The number of aromatic amines is 1. The zero-order valence-electron chi connectivity index (χ0n) is 17.8. The summed E-state index contributed by atoms with van der Waals surface area (Å²) in [5.74, 6) is -0.473. The number of H-pyrrole nitrogens is 1. The van der Waals surface area contributed by atoms with Gasteiger partial charge in [0, 0.05) is 37.0 Å². The van der Waals surface area contributed by atoms with Crippen LogP contribution in [-0.2, 0) is 16.0 Å². The van der Waals surface area contributed by atoms with Gasteiger partial charge in [0.1, 0.15) is 0 Å². The maximum atomic E-state index is 13.0. The second-order valence-corrected chi connectivity index (χ2v) is 8.11. The number of nitrogens with one attached hydrogen (secondary N) is 2. The Morgan fingerprint density at radius 3 is 2.68 bits per heavy atom. The van der Waals surface area contributed by atoms with Gasteiger partial charge in [0.05, 0.1) is 11.6 Å². The quantitative estimate of drug-likeness (QED) is 0.535. The van der Waals surface area contributed by atoms with Crippen molar-refractivity contribution in [3.05, 3.63) is 71.9 Å². The summed E-state index contributed by atoms with van der Waals surface area (Å²) < 4.78 is 0. The predicted molar refractivity (Wildman–Crippen MR) is 122 cm³/mol. The van der Waals surface area contributed by atoms with Crippen molar-refractivity contribution >= 4 is 17.5 Å². The van der Waals surface area contributed by atoms with E-state index in [-0.39, 0.29) is 18.2 Å². The summed E-state index contributed by atoms with van der Waals surface area (Å²) in [6, 6.07) is 19.8. The summed E-state index contributed by atoms with van der Waals surface area (Å²) >= 11 is 0. The number of para-hydroxylation sites is 1. The fourth-order valence-electron chi connectivity index (χ4n) is 4.10. The molecule has 0 bridgehead atoms. The Kier molecular flexibility index (Phi) is 6.46. The molecule has 2 N–H and O–H groups in total. The molecule has 1 unspecified atom stereocenters. The topological polar surface area (TPSA) is 78.1 Å². The van der Waals surface area contributed by atoms with E-state index in [0.29, 0.717) is 6.54 Å². The number of nitrogens with zero attached hydrogens (tertiary/aromatic N) is 2. The average Bonchev–Trinajstić information content (AvgIpc) is 3.27. The highest BCUT2D eigenvalue weighted by Crippen LogP contribution is 2.33. The molecule has 3 aromatic rings. The highest BCUT2D eigenvalue weighted by Gasteiger charge is 2.31. The number of benzene rings is 2. The Balaban J connectivity index is 1.23. The molecule has 0 saturated heterocycles. The number of carbonyl (C=O) groups is 2. The van der Waals surface area contributed by atoms with Crippen LogP contribution in [0.4, 0.5) is 5.69 Å². The van der Waals surface area contributed by atoms with Gasteiger partial charge in [0.2, 0.25) is 11.8 Å². The highest BCUT2D eigenvalue weighted by molar-refractivity contribution is 6.01. The zero-order chi connectivity index (χ0) is 21.6. The first-order valence-electron chi connectivity index (χ1n) is 10.9. The lowest BCUT2D eigenvalue weighted by molar-refractivity contribution is -0.133. The molecule has 1 aromatic heterocycles. The first-order chi connectivity index (χ1) is 15.1. The van der Waals surface area contributed by atoms with Gasteiger partial charge >= 0.3 is 0 Å². The molecule has 0 saturated carbocycles. The first kappa shape index (κ1) is 20.8. The van der Waals surface area contributed by atoms with Gasteiger partial charge in [-0.1, -0.05) is 55.0 Å². The number of aryl methyl sites for hydroxylation is 1. The standard InChI is InChI=1S/C25H28N4O2/c1-29(25(31)21-17-24(30)26-22-14-8-7-13-20(21)22)15-9-3-6-12-19-16-23(28-27-19)18-10-4-2-5-11-18/h2,4-5,7-8,10-11,13-14,16,21H,3,6,9,12,15,17H2,1H3,(H,26,30)(H,27,28). The molecule has 31 heavy (non-hydrogen) atoms. The SMILES string of the molecule is CN(CCCCCc1cc(-c2ccccc2)n[nH]1)C(=O)C1CC(=O)Nc2ccccc21. The van der Waals surface area contributed by atoms with Gasteiger partial charge in [0.25, 0.3) is 0 Å². The third-order valence-electron chi connectivity index (χ3n) is 5.81. The second kappa shape index (κ2) is 9.60. The Morgan fingerprint density at radius 1 is 1.06 bits per heavy atom. The molecular weight excluding hydrogens is 388 g/mol. The molecule has 6 heteroatoms. The minimum absolute atomic E-state index is 0.0170. The van der Waals surface area contributed by atoms with Crippen LogP contribution in [0.1, 0.15) is 42.9 Å². The van der Waals surface area contributed by atoms with Crippen LogP contribution in [0.25, 0.3) is 11.3 Å². The molecule has 1 aliphatic rings. The summed E-state index contributed by atoms with van der Waals surface area (Å²) in [7, 11) is 1.83. The van der Waals surface area contributed by atoms with Gasteiger partial charge in [-0.25, -0.2) is 0 Å². The van der Waals surface area contributed by atoms with E-state index in [1.165, 1.54) is 0 Å². The number of likely N-dealkylation sites (N-methyl/N-ethyl adjacent to an activating group) is 1. The molecule has 1 aliphatic heterocycles. The molecule has 0 aliphatic carbocycles. The number of amides is 2. The molecule has 1 atom stereocenters. The van der Waals surface area contributed by atoms with Gasteiger partial charge < -0.3 is 10.2 Å². The van der Waals surface area contributed by atoms with Crippen LogP contribution in [0, 0.1) is 0 Å². The maximum Gasteiger partial charge on any atom is 0.230 e. The molecule has 2 amide bonds. The first-order valence-corrected chi connectivity index (χ1v) is 10.9. The van der Waals surface area contributed by atoms with E-state index in [0.717, 1.165) is 53.9 Å². The molecule has 2 heterocycles. The normalized spacial score (nSPS) is 15.3. The van der Waals surface area contributed by atoms with Crippen LogP contribution in [-0.4, -0.2) is 40.5 Å². The second-order valence-electron chi connectivity index (χ2n) is 8.11. The van der Waals surface area contributed by atoms with Crippen molar-refractivity contribution in [2.45, 2.75) is 38.0 Å². The van der Waals surface area contributed by atoms with E-state index in [1.807, 2.05) is 49.5 Å².